The molecule has 0 saturated carbocycles. The van der Waals surface area contributed by atoms with Gasteiger partial charge in [0.2, 0.25) is 0 Å². The van der Waals surface area contributed by atoms with Gasteiger partial charge in [0.1, 0.15) is 0 Å². The second-order valence-corrected chi connectivity index (χ2v) is 3.02. The Hall–Kier alpha value is -1.34. The first-order chi connectivity index (χ1) is 6.79. The Morgan fingerprint density at radius 2 is 2.21 bits per heavy atom. The fourth-order valence-electron chi connectivity index (χ4n) is 1.12. The molecule has 0 spiro atoms. The SMILES string of the molecule is CCN(CCC#N)c1nccnc1Cl. The summed E-state index contributed by atoms with van der Waals surface area (Å²) in [7, 11) is 0. The normalized spacial score (nSPS) is 9.50. The van der Waals surface area contributed by atoms with Crippen molar-refractivity contribution in [1.82, 2.24) is 9.97 Å². The van der Waals surface area contributed by atoms with Crippen LogP contribution in [0.15, 0.2) is 12.4 Å². The van der Waals surface area contributed by atoms with E-state index in [0.29, 0.717) is 23.9 Å². The average molecular weight is 211 g/mol. The molecule has 74 valence electrons. The molecule has 0 N–H and O–H groups in total. The highest BCUT2D eigenvalue weighted by Gasteiger charge is 2.09. The Morgan fingerprint density at radius 1 is 1.50 bits per heavy atom. The highest BCUT2D eigenvalue weighted by molar-refractivity contribution is 6.31. The third-order valence-corrected chi connectivity index (χ3v) is 2.08. The highest BCUT2D eigenvalue weighted by Crippen LogP contribution is 2.19. The van der Waals surface area contributed by atoms with Crippen molar-refractivity contribution in [1.29, 1.82) is 5.26 Å². The molecule has 0 bridgehead atoms. The minimum atomic E-state index is 0.382. The molecular formula is C9H11ClN4. The zero-order valence-electron chi connectivity index (χ0n) is 7.94. The molecule has 1 aromatic rings. The first kappa shape index (κ1) is 10.7. The molecule has 0 aliphatic heterocycles. The minimum absolute atomic E-state index is 0.382. The van der Waals surface area contributed by atoms with E-state index in [0.717, 1.165) is 6.54 Å². The van der Waals surface area contributed by atoms with Crippen LogP contribution in [-0.4, -0.2) is 23.1 Å². The maximum Gasteiger partial charge on any atom is 0.171 e. The number of hydrogen-bond donors (Lipinski definition) is 0. The fourth-order valence-corrected chi connectivity index (χ4v) is 1.35. The van der Waals surface area contributed by atoms with Gasteiger partial charge < -0.3 is 4.90 Å². The Bertz CT molecular complexity index is 334. The summed E-state index contributed by atoms with van der Waals surface area (Å²) >= 11 is 5.88. The number of rotatable bonds is 4. The summed E-state index contributed by atoms with van der Waals surface area (Å²) in [4.78, 5) is 9.99. The lowest BCUT2D eigenvalue weighted by Crippen LogP contribution is -2.25. The lowest BCUT2D eigenvalue weighted by Gasteiger charge is -2.20. The second kappa shape index (κ2) is 5.40. The molecule has 0 unspecified atom stereocenters. The van der Waals surface area contributed by atoms with Crippen LogP contribution in [0.1, 0.15) is 13.3 Å². The second-order valence-electron chi connectivity index (χ2n) is 2.66. The summed E-state index contributed by atoms with van der Waals surface area (Å²) in [5, 5.41) is 8.86. The van der Waals surface area contributed by atoms with Gasteiger partial charge in [0, 0.05) is 25.5 Å². The highest BCUT2D eigenvalue weighted by atomic mass is 35.5. The lowest BCUT2D eigenvalue weighted by atomic mass is 10.4. The van der Waals surface area contributed by atoms with E-state index in [1.54, 1.807) is 12.4 Å². The molecule has 1 aromatic heterocycles. The molecule has 0 saturated heterocycles. The Kier molecular flexibility index (Phi) is 4.14. The Morgan fingerprint density at radius 3 is 2.79 bits per heavy atom. The standard InChI is InChI=1S/C9H11ClN4/c1-2-14(7-3-4-11)9-8(10)12-5-6-13-9/h5-6H,2-3,7H2,1H3. The molecule has 4 nitrogen and oxygen atoms in total. The van der Waals surface area contributed by atoms with Crippen LogP contribution in [0.2, 0.25) is 5.15 Å². The van der Waals surface area contributed by atoms with Crippen molar-refractivity contribution >= 4 is 17.4 Å². The first-order valence-corrected chi connectivity index (χ1v) is 4.75. The molecule has 14 heavy (non-hydrogen) atoms. The van der Waals surface area contributed by atoms with Gasteiger partial charge in [-0.15, -0.1) is 0 Å². The Labute approximate surface area is 88.2 Å². The van der Waals surface area contributed by atoms with E-state index in [-0.39, 0.29) is 0 Å². The van der Waals surface area contributed by atoms with Crippen LogP contribution >= 0.6 is 11.6 Å². The lowest BCUT2D eigenvalue weighted by molar-refractivity contribution is 0.807. The molecule has 0 radical (unpaired) electrons. The number of anilines is 1. The van der Waals surface area contributed by atoms with Gasteiger partial charge in [0.05, 0.1) is 12.5 Å². The average Bonchev–Trinajstić information content (AvgIpc) is 2.21. The van der Waals surface area contributed by atoms with Gasteiger partial charge in [0.25, 0.3) is 0 Å². The zero-order chi connectivity index (χ0) is 10.4. The van der Waals surface area contributed by atoms with E-state index in [1.165, 1.54) is 0 Å². The number of nitrogens with zero attached hydrogens (tertiary/aromatic N) is 4. The van der Waals surface area contributed by atoms with Gasteiger partial charge in [-0.2, -0.15) is 5.26 Å². The molecule has 1 rings (SSSR count). The van der Waals surface area contributed by atoms with Gasteiger partial charge in [-0.3, -0.25) is 0 Å². The predicted molar refractivity (Wildman–Crippen MR) is 55.2 cm³/mol. The van der Waals surface area contributed by atoms with Gasteiger partial charge >= 0.3 is 0 Å². The van der Waals surface area contributed by atoms with Crippen LogP contribution in [0, 0.1) is 11.3 Å². The Balaban J connectivity index is 2.79. The van der Waals surface area contributed by atoms with E-state index >= 15 is 0 Å². The molecule has 0 aliphatic carbocycles. The summed E-state index contributed by atoms with van der Waals surface area (Å²) in [5.41, 5.74) is 0. The summed E-state index contributed by atoms with van der Waals surface area (Å²) in [6, 6.07) is 2.09. The monoisotopic (exact) mass is 210 g/mol. The van der Waals surface area contributed by atoms with Gasteiger partial charge in [-0.1, -0.05) is 11.6 Å². The van der Waals surface area contributed by atoms with Crippen molar-refractivity contribution in [3.63, 3.8) is 0 Å². The largest absolute Gasteiger partial charge is 0.353 e. The van der Waals surface area contributed by atoms with Gasteiger partial charge in [0.15, 0.2) is 11.0 Å². The fraction of sp³-hybridized carbons (Fsp3) is 0.444. The van der Waals surface area contributed by atoms with Gasteiger partial charge in [-0.05, 0) is 6.92 Å². The molecular weight excluding hydrogens is 200 g/mol. The summed E-state index contributed by atoms with van der Waals surface area (Å²) in [6.45, 7) is 3.38. The van der Waals surface area contributed by atoms with Crippen LogP contribution in [0.4, 0.5) is 5.82 Å². The van der Waals surface area contributed by atoms with E-state index in [4.69, 9.17) is 16.9 Å². The summed E-state index contributed by atoms with van der Waals surface area (Å²) < 4.78 is 0. The molecule has 5 heteroatoms. The first-order valence-electron chi connectivity index (χ1n) is 4.38. The van der Waals surface area contributed by atoms with E-state index in [1.807, 2.05) is 11.8 Å². The number of hydrogen-bond acceptors (Lipinski definition) is 4. The van der Waals surface area contributed by atoms with E-state index in [9.17, 15) is 0 Å². The van der Waals surface area contributed by atoms with Crippen LogP contribution in [0.5, 0.6) is 0 Å². The van der Waals surface area contributed by atoms with Crippen LogP contribution in [-0.2, 0) is 0 Å². The van der Waals surface area contributed by atoms with Gasteiger partial charge in [-0.25, -0.2) is 9.97 Å². The van der Waals surface area contributed by atoms with Crippen LogP contribution in [0.25, 0.3) is 0 Å². The smallest absolute Gasteiger partial charge is 0.171 e. The van der Waals surface area contributed by atoms with E-state index in [2.05, 4.69) is 16.0 Å². The van der Waals surface area contributed by atoms with Crippen molar-refractivity contribution in [2.45, 2.75) is 13.3 Å². The van der Waals surface area contributed by atoms with Crippen LogP contribution in [0.3, 0.4) is 0 Å². The minimum Gasteiger partial charge on any atom is -0.353 e. The number of halogens is 1. The van der Waals surface area contributed by atoms with Crippen molar-refractivity contribution in [3.05, 3.63) is 17.5 Å². The van der Waals surface area contributed by atoms with Crippen molar-refractivity contribution in [2.75, 3.05) is 18.0 Å². The maximum absolute atomic E-state index is 8.48. The van der Waals surface area contributed by atoms with Crippen LogP contribution < -0.4 is 4.90 Å². The molecule has 1 heterocycles. The predicted octanol–water partition coefficient (Wildman–Crippen LogP) is 1.87. The third-order valence-electron chi connectivity index (χ3n) is 1.81. The zero-order valence-corrected chi connectivity index (χ0v) is 8.70. The third kappa shape index (κ3) is 2.57. The molecule has 0 aliphatic rings. The maximum atomic E-state index is 8.48. The molecule has 0 atom stereocenters. The number of nitriles is 1. The van der Waals surface area contributed by atoms with E-state index < -0.39 is 0 Å². The quantitative estimate of drug-likeness (QED) is 0.762. The van der Waals surface area contributed by atoms with Crippen molar-refractivity contribution in [2.24, 2.45) is 0 Å². The summed E-state index contributed by atoms with van der Waals surface area (Å²) in [6.07, 6.45) is 3.60. The molecule has 0 fully saturated rings. The van der Waals surface area contributed by atoms with Crippen molar-refractivity contribution in [3.8, 4) is 6.07 Å². The molecule has 0 aromatic carbocycles. The molecule has 0 amide bonds. The topological polar surface area (TPSA) is 52.8 Å². The van der Waals surface area contributed by atoms with Crippen molar-refractivity contribution < 1.29 is 0 Å². The number of aromatic nitrogens is 2. The summed E-state index contributed by atoms with van der Waals surface area (Å²) in [5.74, 6) is 0.645.